The third-order valence-corrected chi connectivity index (χ3v) is 3.55. The summed E-state index contributed by atoms with van der Waals surface area (Å²) in [5, 5.41) is 2.27. The van der Waals surface area contributed by atoms with Gasteiger partial charge in [0.05, 0.1) is 0 Å². The Hall–Kier alpha value is -1.90. The number of allylic oxidation sites excluding steroid dienone is 8. The van der Waals surface area contributed by atoms with Crippen LogP contribution in [-0.2, 0) is 9.59 Å². The van der Waals surface area contributed by atoms with E-state index in [1.54, 1.807) is 0 Å². The molecule has 2 amide bonds. The fourth-order valence-electron chi connectivity index (χ4n) is 2.20. The van der Waals surface area contributed by atoms with Crippen LogP contribution in [0.2, 0.25) is 0 Å². The standard InChI is InChI=1S/C22H35NO2/c1-3-4-5-6-7-8-9-10-11-12-13-14-15-16-17-18-19-20-22(25)23-21(2)24/h7-8,10-11,13-14,16-17H,3-6,9,12,15,18-20H2,1-2H3,(H,23,24,25)/b8-7-,11-10-,14-13-,17-16-. The van der Waals surface area contributed by atoms with Gasteiger partial charge in [-0.3, -0.25) is 14.9 Å². The first-order valence-corrected chi connectivity index (χ1v) is 9.57. The maximum absolute atomic E-state index is 11.2. The number of nitrogens with one attached hydrogen (secondary N) is 1. The number of unbranched alkanes of at least 4 members (excludes halogenated alkanes) is 4. The number of carbonyl (C=O) groups is 2. The summed E-state index contributed by atoms with van der Waals surface area (Å²) in [7, 11) is 0. The van der Waals surface area contributed by atoms with Crippen molar-refractivity contribution in [2.24, 2.45) is 0 Å². The zero-order valence-corrected chi connectivity index (χ0v) is 16.0. The first-order chi connectivity index (χ1) is 12.2. The highest BCUT2D eigenvalue weighted by molar-refractivity contribution is 5.93. The van der Waals surface area contributed by atoms with Crippen molar-refractivity contribution in [1.82, 2.24) is 5.32 Å². The Morgan fingerprint density at radius 2 is 1.20 bits per heavy atom. The largest absolute Gasteiger partial charge is 0.297 e. The molecule has 0 aliphatic heterocycles. The van der Waals surface area contributed by atoms with Crippen molar-refractivity contribution >= 4 is 11.8 Å². The molecular weight excluding hydrogens is 310 g/mol. The summed E-state index contributed by atoms with van der Waals surface area (Å²) in [6.45, 7) is 3.58. The molecular formula is C22H35NO2. The highest BCUT2D eigenvalue weighted by Crippen LogP contribution is 2.01. The fourth-order valence-corrected chi connectivity index (χ4v) is 2.20. The summed E-state index contributed by atoms with van der Waals surface area (Å²) >= 11 is 0. The predicted molar refractivity (Wildman–Crippen MR) is 107 cm³/mol. The van der Waals surface area contributed by atoms with E-state index in [-0.39, 0.29) is 11.8 Å². The van der Waals surface area contributed by atoms with Crippen molar-refractivity contribution in [3.63, 3.8) is 0 Å². The van der Waals surface area contributed by atoms with Gasteiger partial charge >= 0.3 is 0 Å². The zero-order valence-electron chi connectivity index (χ0n) is 16.0. The molecule has 0 atom stereocenters. The second-order valence-electron chi connectivity index (χ2n) is 6.09. The lowest BCUT2D eigenvalue weighted by atomic mass is 10.2. The van der Waals surface area contributed by atoms with Crippen LogP contribution in [0.25, 0.3) is 0 Å². The minimum atomic E-state index is -0.289. The van der Waals surface area contributed by atoms with E-state index in [0.29, 0.717) is 6.42 Å². The van der Waals surface area contributed by atoms with E-state index < -0.39 is 0 Å². The normalized spacial score (nSPS) is 12.1. The molecule has 0 bridgehead atoms. The van der Waals surface area contributed by atoms with Gasteiger partial charge in [-0.25, -0.2) is 0 Å². The molecule has 0 aliphatic rings. The van der Waals surface area contributed by atoms with Crippen LogP contribution in [0.1, 0.15) is 78.1 Å². The van der Waals surface area contributed by atoms with Crippen LogP contribution in [0, 0.1) is 0 Å². The molecule has 0 saturated heterocycles. The Balaban J connectivity index is 3.49. The van der Waals surface area contributed by atoms with Gasteiger partial charge in [-0.05, 0) is 44.9 Å². The van der Waals surface area contributed by atoms with Crippen LogP contribution in [0.4, 0.5) is 0 Å². The first kappa shape index (κ1) is 23.1. The minimum absolute atomic E-state index is 0.191. The summed E-state index contributed by atoms with van der Waals surface area (Å²) in [5.74, 6) is -0.480. The Kier molecular flexibility index (Phi) is 17.0. The van der Waals surface area contributed by atoms with Gasteiger partial charge < -0.3 is 0 Å². The number of hydrogen-bond acceptors (Lipinski definition) is 2. The highest BCUT2D eigenvalue weighted by atomic mass is 16.2. The fraction of sp³-hybridized carbons (Fsp3) is 0.545. The van der Waals surface area contributed by atoms with E-state index in [9.17, 15) is 9.59 Å². The van der Waals surface area contributed by atoms with Crippen LogP contribution >= 0.6 is 0 Å². The van der Waals surface area contributed by atoms with Gasteiger partial charge in [0.15, 0.2) is 0 Å². The van der Waals surface area contributed by atoms with Crippen LogP contribution in [0.5, 0.6) is 0 Å². The predicted octanol–water partition coefficient (Wildman–Crippen LogP) is 5.79. The van der Waals surface area contributed by atoms with Crippen LogP contribution in [-0.4, -0.2) is 11.8 Å². The zero-order chi connectivity index (χ0) is 18.6. The van der Waals surface area contributed by atoms with Gasteiger partial charge in [-0.2, -0.15) is 0 Å². The molecule has 0 aliphatic carbocycles. The molecule has 3 nitrogen and oxygen atoms in total. The molecule has 0 saturated carbocycles. The molecule has 0 aromatic heterocycles. The summed E-state index contributed by atoms with van der Waals surface area (Å²) < 4.78 is 0. The molecule has 0 unspecified atom stereocenters. The van der Waals surface area contributed by atoms with Gasteiger partial charge in [0, 0.05) is 13.3 Å². The number of amides is 2. The monoisotopic (exact) mass is 345 g/mol. The lowest BCUT2D eigenvalue weighted by Crippen LogP contribution is -2.27. The maximum atomic E-state index is 11.2. The van der Waals surface area contributed by atoms with Gasteiger partial charge in [0.2, 0.25) is 11.8 Å². The second-order valence-corrected chi connectivity index (χ2v) is 6.09. The van der Waals surface area contributed by atoms with Gasteiger partial charge in [-0.15, -0.1) is 0 Å². The molecule has 0 aromatic rings. The molecule has 0 spiro atoms. The van der Waals surface area contributed by atoms with Gasteiger partial charge in [0.25, 0.3) is 0 Å². The van der Waals surface area contributed by atoms with Crippen LogP contribution in [0.3, 0.4) is 0 Å². The smallest absolute Gasteiger partial charge is 0.226 e. The van der Waals surface area contributed by atoms with Crippen molar-refractivity contribution in [3.8, 4) is 0 Å². The first-order valence-electron chi connectivity index (χ1n) is 9.57. The second kappa shape index (κ2) is 18.4. The molecule has 25 heavy (non-hydrogen) atoms. The van der Waals surface area contributed by atoms with Crippen molar-refractivity contribution in [2.75, 3.05) is 0 Å². The minimum Gasteiger partial charge on any atom is -0.297 e. The summed E-state index contributed by atoms with van der Waals surface area (Å²) in [5.41, 5.74) is 0. The summed E-state index contributed by atoms with van der Waals surface area (Å²) in [4.78, 5) is 21.9. The average Bonchev–Trinajstić information content (AvgIpc) is 2.57. The number of carbonyl (C=O) groups excluding carboxylic acids is 2. The topological polar surface area (TPSA) is 46.2 Å². The third-order valence-electron chi connectivity index (χ3n) is 3.55. The van der Waals surface area contributed by atoms with Crippen molar-refractivity contribution in [1.29, 1.82) is 0 Å². The third kappa shape index (κ3) is 20.1. The molecule has 0 rings (SSSR count). The van der Waals surface area contributed by atoms with Crippen LogP contribution < -0.4 is 5.32 Å². The molecule has 0 radical (unpaired) electrons. The lowest BCUT2D eigenvalue weighted by molar-refractivity contribution is -0.129. The Labute approximate surface area is 154 Å². The van der Waals surface area contributed by atoms with Crippen molar-refractivity contribution in [3.05, 3.63) is 48.6 Å². The van der Waals surface area contributed by atoms with E-state index in [2.05, 4.69) is 60.8 Å². The van der Waals surface area contributed by atoms with Crippen molar-refractivity contribution in [2.45, 2.75) is 78.1 Å². The lowest BCUT2D eigenvalue weighted by Gasteiger charge is -1.98. The van der Waals surface area contributed by atoms with Gasteiger partial charge in [-0.1, -0.05) is 68.4 Å². The van der Waals surface area contributed by atoms with E-state index in [1.165, 1.54) is 32.6 Å². The average molecular weight is 346 g/mol. The number of rotatable bonds is 14. The molecule has 140 valence electrons. The molecule has 0 heterocycles. The van der Waals surface area contributed by atoms with Crippen molar-refractivity contribution < 1.29 is 9.59 Å². The number of hydrogen-bond donors (Lipinski definition) is 1. The maximum Gasteiger partial charge on any atom is 0.226 e. The van der Waals surface area contributed by atoms with Gasteiger partial charge in [0.1, 0.15) is 0 Å². The quantitative estimate of drug-likeness (QED) is 0.320. The Bertz CT molecular complexity index is 459. The van der Waals surface area contributed by atoms with E-state index in [0.717, 1.165) is 32.1 Å². The SMILES string of the molecule is CCCCC/C=C\C/C=C\C/C=C\C/C=C\CCCC(=O)NC(C)=O. The van der Waals surface area contributed by atoms with E-state index in [4.69, 9.17) is 0 Å². The summed E-state index contributed by atoms with van der Waals surface area (Å²) in [6, 6.07) is 0. The molecule has 1 N–H and O–H groups in total. The molecule has 0 aromatic carbocycles. The van der Waals surface area contributed by atoms with E-state index >= 15 is 0 Å². The number of imide groups is 1. The molecule has 0 fully saturated rings. The summed E-state index contributed by atoms with van der Waals surface area (Å²) in [6.07, 6.45) is 27.5. The Morgan fingerprint density at radius 1 is 0.720 bits per heavy atom. The van der Waals surface area contributed by atoms with Crippen LogP contribution in [0.15, 0.2) is 48.6 Å². The Morgan fingerprint density at radius 3 is 1.68 bits per heavy atom. The van der Waals surface area contributed by atoms with E-state index in [1.807, 2.05) is 0 Å². The molecule has 3 heteroatoms. The highest BCUT2D eigenvalue weighted by Gasteiger charge is 2.01.